The molecule has 1 aromatic carbocycles. The highest BCUT2D eigenvalue weighted by Crippen LogP contribution is 2.17. The van der Waals surface area contributed by atoms with E-state index in [0.717, 1.165) is 5.69 Å². The summed E-state index contributed by atoms with van der Waals surface area (Å²) in [5, 5.41) is 9.39. The highest BCUT2D eigenvalue weighted by molar-refractivity contribution is 5.53. The molecule has 2 rings (SSSR count). The molecule has 1 aromatic heterocycles. The second-order valence-electron chi connectivity index (χ2n) is 3.73. The minimum atomic E-state index is -0.280. The number of aryl methyl sites for hydroxylation is 1. The Morgan fingerprint density at radius 1 is 1.38 bits per heavy atom. The van der Waals surface area contributed by atoms with Gasteiger partial charge in [0.2, 0.25) is 0 Å². The van der Waals surface area contributed by atoms with Crippen molar-refractivity contribution in [2.45, 2.75) is 20.4 Å². The number of anilines is 1. The third-order valence-corrected chi connectivity index (χ3v) is 2.60. The molecular weight excluding hydrogens is 204 g/mol. The highest BCUT2D eigenvalue weighted by Gasteiger charge is 2.01. The van der Waals surface area contributed by atoms with Crippen LogP contribution in [0.15, 0.2) is 23.0 Å². The monoisotopic (exact) mass is 218 g/mol. The van der Waals surface area contributed by atoms with Gasteiger partial charge < -0.3 is 5.32 Å². The van der Waals surface area contributed by atoms with E-state index in [1.165, 1.54) is 11.1 Å². The molecule has 0 unspecified atom stereocenters. The fraction of sp³-hybridized carbons (Fsp3) is 0.273. The van der Waals surface area contributed by atoms with Gasteiger partial charge >= 0.3 is 5.69 Å². The maximum absolute atomic E-state index is 10.8. The van der Waals surface area contributed by atoms with Gasteiger partial charge in [-0.25, -0.2) is 9.89 Å². The van der Waals surface area contributed by atoms with Crippen LogP contribution in [-0.4, -0.2) is 15.2 Å². The molecule has 0 atom stereocenters. The highest BCUT2D eigenvalue weighted by atomic mass is 16.1. The summed E-state index contributed by atoms with van der Waals surface area (Å²) in [5.41, 5.74) is 3.22. The molecule has 2 aromatic rings. The number of nitrogens with one attached hydrogen (secondary N) is 3. The summed E-state index contributed by atoms with van der Waals surface area (Å²) in [5.74, 6) is 0.603. The van der Waals surface area contributed by atoms with Crippen molar-refractivity contribution < 1.29 is 0 Å². The number of nitrogens with zero attached hydrogens (tertiary/aromatic N) is 1. The van der Waals surface area contributed by atoms with E-state index in [2.05, 4.69) is 40.4 Å². The second kappa shape index (κ2) is 4.22. The first kappa shape index (κ1) is 10.5. The number of rotatable bonds is 3. The van der Waals surface area contributed by atoms with Crippen molar-refractivity contribution in [1.82, 2.24) is 15.2 Å². The van der Waals surface area contributed by atoms with Crippen LogP contribution in [0.4, 0.5) is 5.69 Å². The minimum absolute atomic E-state index is 0.280. The molecule has 0 aliphatic carbocycles. The van der Waals surface area contributed by atoms with Crippen molar-refractivity contribution in [2.24, 2.45) is 0 Å². The van der Waals surface area contributed by atoms with Crippen LogP contribution in [0.2, 0.25) is 0 Å². The van der Waals surface area contributed by atoms with Crippen LogP contribution in [0, 0.1) is 13.8 Å². The topological polar surface area (TPSA) is 73.6 Å². The first-order valence-electron chi connectivity index (χ1n) is 5.10. The largest absolute Gasteiger partial charge is 0.378 e. The molecular formula is C11H14N4O. The maximum Gasteiger partial charge on any atom is 0.340 e. The summed E-state index contributed by atoms with van der Waals surface area (Å²) in [6.45, 7) is 4.63. The first-order chi connectivity index (χ1) is 7.66. The van der Waals surface area contributed by atoms with Gasteiger partial charge in [-0.15, -0.1) is 0 Å². The third kappa shape index (κ3) is 2.13. The van der Waals surface area contributed by atoms with Gasteiger partial charge in [0, 0.05) is 5.69 Å². The zero-order valence-electron chi connectivity index (χ0n) is 9.29. The number of aromatic amines is 2. The summed E-state index contributed by atoms with van der Waals surface area (Å²) in [7, 11) is 0. The van der Waals surface area contributed by atoms with E-state index in [9.17, 15) is 4.79 Å². The molecule has 84 valence electrons. The molecule has 0 fully saturated rings. The Labute approximate surface area is 92.9 Å². The summed E-state index contributed by atoms with van der Waals surface area (Å²) in [4.78, 5) is 13.4. The van der Waals surface area contributed by atoms with Crippen molar-refractivity contribution >= 4 is 5.69 Å². The Kier molecular flexibility index (Phi) is 2.76. The molecule has 0 radical (unpaired) electrons. The number of aromatic nitrogens is 3. The van der Waals surface area contributed by atoms with Crippen LogP contribution in [0.3, 0.4) is 0 Å². The average Bonchev–Trinajstić information content (AvgIpc) is 2.67. The van der Waals surface area contributed by atoms with E-state index in [1.807, 2.05) is 12.1 Å². The van der Waals surface area contributed by atoms with Gasteiger partial charge in [0.25, 0.3) is 0 Å². The summed E-state index contributed by atoms with van der Waals surface area (Å²) in [6, 6.07) is 6.07. The van der Waals surface area contributed by atoms with Crippen LogP contribution in [0.1, 0.15) is 17.0 Å². The molecule has 0 amide bonds. The Hall–Kier alpha value is -2.04. The Balaban J connectivity index is 2.10. The van der Waals surface area contributed by atoms with Gasteiger partial charge in [-0.1, -0.05) is 12.1 Å². The summed E-state index contributed by atoms with van der Waals surface area (Å²) < 4.78 is 0. The number of benzene rings is 1. The molecule has 16 heavy (non-hydrogen) atoms. The molecule has 0 saturated carbocycles. The first-order valence-corrected chi connectivity index (χ1v) is 5.10. The van der Waals surface area contributed by atoms with Crippen LogP contribution >= 0.6 is 0 Å². The molecule has 0 saturated heterocycles. The lowest BCUT2D eigenvalue weighted by atomic mass is 10.1. The lowest BCUT2D eigenvalue weighted by Crippen LogP contribution is -2.05. The van der Waals surface area contributed by atoms with Crippen LogP contribution in [-0.2, 0) is 6.54 Å². The van der Waals surface area contributed by atoms with Crippen molar-refractivity contribution in [3.05, 3.63) is 45.6 Å². The van der Waals surface area contributed by atoms with Gasteiger partial charge in [-0.3, -0.25) is 4.98 Å². The minimum Gasteiger partial charge on any atom is -0.378 e. The predicted molar refractivity (Wildman–Crippen MR) is 62.5 cm³/mol. The predicted octanol–water partition coefficient (Wildman–Crippen LogP) is 1.33. The van der Waals surface area contributed by atoms with E-state index in [-0.39, 0.29) is 5.69 Å². The normalized spacial score (nSPS) is 10.4. The second-order valence-corrected chi connectivity index (χ2v) is 3.73. The zero-order chi connectivity index (χ0) is 11.5. The molecule has 5 nitrogen and oxygen atoms in total. The van der Waals surface area contributed by atoms with E-state index in [1.54, 1.807) is 0 Å². The number of H-pyrrole nitrogens is 2. The van der Waals surface area contributed by atoms with E-state index in [4.69, 9.17) is 0 Å². The molecule has 0 aliphatic heterocycles. The van der Waals surface area contributed by atoms with Gasteiger partial charge in [0.05, 0.1) is 6.54 Å². The average molecular weight is 218 g/mol. The van der Waals surface area contributed by atoms with E-state index < -0.39 is 0 Å². The quantitative estimate of drug-likeness (QED) is 0.727. The lowest BCUT2D eigenvalue weighted by molar-refractivity contribution is 0.951. The summed E-state index contributed by atoms with van der Waals surface area (Å²) >= 11 is 0. The van der Waals surface area contributed by atoms with Crippen molar-refractivity contribution in [2.75, 3.05) is 5.32 Å². The molecule has 0 bridgehead atoms. The molecule has 0 spiro atoms. The fourth-order valence-corrected chi connectivity index (χ4v) is 1.51. The lowest BCUT2D eigenvalue weighted by Gasteiger charge is -2.09. The van der Waals surface area contributed by atoms with Gasteiger partial charge in [-0.2, -0.15) is 5.10 Å². The Morgan fingerprint density at radius 3 is 2.88 bits per heavy atom. The Bertz CT molecular complexity index is 541. The molecule has 1 heterocycles. The molecule has 0 aliphatic rings. The van der Waals surface area contributed by atoms with Gasteiger partial charge in [0.1, 0.15) is 5.82 Å². The standard InChI is InChI=1S/C11H14N4O/c1-7-4-3-5-9(8(7)2)12-6-10-13-11(16)15-14-10/h3-5,12H,6H2,1-2H3,(H2,13,14,15,16). The number of hydrogen-bond acceptors (Lipinski definition) is 3. The van der Waals surface area contributed by atoms with Crippen molar-refractivity contribution in [1.29, 1.82) is 0 Å². The van der Waals surface area contributed by atoms with Crippen LogP contribution in [0.5, 0.6) is 0 Å². The summed E-state index contributed by atoms with van der Waals surface area (Å²) in [6.07, 6.45) is 0. The van der Waals surface area contributed by atoms with E-state index in [0.29, 0.717) is 12.4 Å². The van der Waals surface area contributed by atoms with Gasteiger partial charge in [0.15, 0.2) is 0 Å². The maximum atomic E-state index is 10.8. The van der Waals surface area contributed by atoms with Crippen molar-refractivity contribution in [3.8, 4) is 0 Å². The van der Waals surface area contributed by atoms with Gasteiger partial charge in [-0.05, 0) is 31.0 Å². The van der Waals surface area contributed by atoms with Crippen molar-refractivity contribution in [3.63, 3.8) is 0 Å². The Morgan fingerprint density at radius 2 is 2.19 bits per heavy atom. The third-order valence-electron chi connectivity index (χ3n) is 2.60. The number of hydrogen-bond donors (Lipinski definition) is 3. The zero-order valence-corrected chi connectivity index (χ0v) is 9.29. The smallest absolute Gasteiger partial charge is 0.340 e. The van der Waals surface area contributed by atoms with E-state index >= 15 is 0 Å². The van der Waals surface area contributed by atoms with Crippen LogP contribution in [0.25, 0.3) is 0 Å². The fourth-order valence-electron chi connectivity index (χ4n) is 1.51. The molecule has 3 N–H and O–H groups in total. The molecule has 5 heteroatoms. The SMILES string of the molecule is Cc1cccc(NCc2n[nH]c(=O)[nH]2)c1C. The van der Waals surface area contributed by atoms with Crippen LogP contribution < -0.4 is 11.0 Å².